The maximum Gasteiger partial charge on any atom is 0.0159 e. The summed E-state index contributed by atoms with van der Waals surface area (Å²) in [4.78, 5) is 0. The van der Waals surface area contributed by atoms with Crippen molar-refractivity contribution in [1.82, 2.24) is 0 Å². The van der Waals surface area contributed by atoms with Crippen LogP contribution in [0.4, 0.5) is 0 Å². The molecule has 1 saturated carbocycles. The van der Waals surface area contributed by atoms with Crippen LogP contribution < -0.4 is 5.73 Å². The van der Waals surface area contributed by atoms with Gasteiger partial charge in [-0.3, -0.25) is 0 Å². The molecule has 0 saturated heterocycles. The number of nitrogens with two attached hydrogens (primary N) is 1. The smallest absolute Gasteiger partial charge is 0.0159 e. The van der Waals surface area contributed by atoms with E-state index < -0.39 is 0 Å². The molecule has 0 aromatic carbocycles. The van der Waals surface area contributed by atoms with Crippen LogP contribution in [-0.4, -0.2) is 5.54 Å². The molecule has 3 atom stereocenters. The Kier molecular flexibility index (Phi) is 4.64. The molecule has 3 unspecified atom stereocenters. The van der Waals surface area contributed by atoms with E-state index in [1.165, 1.54) is 38.5 Å². The molecule has 0 spiro atoms. The van der Waals surface area contributed by atoms with Crippen molar-refractivity contribution in [2.45, 2.75) is 71.8 Å². The molecule has 0 radical (unpaired) electrons. The molecule has 1 aliphatic rings. The molecule has 1 rings (SSSR count). The number of hydrogen-bond donors (Lipinski definition) is 1. The third kappa shape index (κ3) is 3.48. The highest BCUT2D eigenvalue weighted by Gasteiger charge is 2.35. The van der Waals surface area contributed by atoms with Gasteiger partial charge in [-0.2, -0.15) is 0 Å². The van der Waals surface area contributed by atoms with Crippen molar-refractivity contribution in [2.75, 3.05) is 0 Å². The fourth-order valence-electron chi connectivity index (χ4n) is 3.08. The Bertz CT molecular complexity index is 186. The molecule has 0 aliphatic heterocycles. The van der Waals surface area contributed by atoms with E-state index in [2.05, 4.69) is 27.7 Å². The summed E-state index contributed by atoms with van der Waals surface area (Å²) in [5.74, 6) is 2.54. The van der Waals surface area contributed by atoms with Crippen LogP contribution in [0.5, 0.6) is 0 Å². The molecular formula is C14H29N. The summed E-state index contributed by atoms with van der Waals surface area (Å²) in [5.41, 5.74) is 6.72. The maximum absolute atomic E-state index is 6.56. The van der Waals surface area contributed by atoms with E-state index in [1.807, 2.05) is 0 Å². The Morgan fingerprint density at radius 2 is 1.80 bits per heavy atom. The lowest BCUT2D eigenvalue weighted by molar-refractivity contribution is 0.147. The standard InChI is InChI=1S/C14H29N/c1-5-13(6-2)10-14(15)8-7-11(3)12(4)9-14/h11-13H,5-10,15H2,1-4H3. The van der Waals surface area contributed by atoms with Crippen LogP contribution in [0, 0.1) is 17.8 Å². The van der Waals surface area contributed by atoms with Gasteiger partial charge in [-0.05, 0) is 43.4 Å². The summed E-state index contributed by atoms with van der Waals surface area (Å²) in [6, 6.07) is 0. The Labute approximate surface area is 95.8 Å². The predicted molar refractivity (Wildman–Crippen MR) is 67.8 cm³/mol. The largest absolute Gasteiger partial charge is 0.325 e. The molecule has 0 aromatic heterocycles. The first-order valence-electron chi connectivity index (χ1n) is 6.79. The molecule has 0 bridgehead atoms. The minimum atomic E-state index is 0.155. The van der Waals surface area contributed by atoms with Gasteiger partial charge >= 0.3 is 0 Å². The van der Waals surface area contributed by atoms with Crippen molar-refractivity contribution in [3.8, 4) is 0 Å². The van der Waals surface area contributed by atoms with E-state index in [0.29, 0.717) is 0 Å². The zero-order chi connectivity index (χ0) is 11.5. The Balaban J connectivity index is 2.52. The quantitative estimate of drug-likeness (QED) is 0.748. The van der Waals surface area contributed by atoms with Gasteiger partial charge < -0.3 is 5.73 Å². The Hall–Kier alpha value is -0.0400. The minimum Gasteiger partial charge on any atom is -0.325 e. The lowest BCUT2D eigenvalue weighted by Crippen LogP contribution is -2.47. The summed E-state index contributed by atoms with van der Waals surface area (Å²) in [5, 5.41) is 0. The van der Waals surface area contributed by atoms with Crippen molar-refractivity contribution in [3.05, 3.63) is 0 Å². The van der Waals surface area contributed by atoms with Crippen molar-refractivity contribution in [1.29, 1.82) is 0 Å². The molecule has 0 heterocycles. The Morgan fingerprint density at radius 1 is 1.20 bits per heavy atom. The van der Waals surface area contributed by atoms with E-state index in [-0.39, 0.29) is 5.54 Å². The predicted octanol–water partition coefficient (Wildman–Crippen LogP) is 3.97. The lowest BCUT2D eigenvalue weighted by Gasteiger charge is -2.42. The average Bonchev–Trinajstić information content (AvgIpc) is 2.21. The van der Waals surface area contributed by atoms with E-state index in [4.69, 9.17) is 5.73 Å². The van der Waals surface area contributed by atoms with Crippen LogP contribution in [0.15, 0.2) is 0 Å². The molecule has 1 heteroatoms. The van der Waals surface area contributed by atoms with Gasteiger partial charge in [-0.1, -0.05) is 40.5 Å². The topological polar surface area (TPSA) is 26.0 Å². The van der Waals surface area contributed by atoms with Gasteiger partial charge in [-0.15, -0.1) is 0 Å². The fourth-order valence-corrected chi connectivity index (χ4v) is 3.08. The summed E-state index contributed by atoms with van der Waals surface area (Å²) in [6.07, 6.45) is 7.65. The number of hydrogen-bond acceptors (Lipinski definition) is 1. The van der Waals surface area contributed by atoms with E-state index >= 15 is 0 Å². The molecule has 90 valence electrons. The third-order valence-corrected chi connectivity index (χ3v) is 4.65. The van der Waals surface area contributed by atoms with Gasteiger partial charge in [0.25, 0.3) is 0 Å². The molecule has 0 aromatic rings. The molecular weight excluding hydrogens is 182 g/mol. The number of rotatable bonds is 4. The van der Waals surface area contributed by atoms with Crippen LogP contribution in [-0.2, 0) is 0 Å². The first kappa shape index (κ1) is 13.0. The van der Waals surface area contributed by atoms with Gasteiger partial charge in [0.05, 0.1) is 0 Å². The molecule has 0 amide bonds. The summed E-state index contributed by atoms with van der Waals surface area (Å²) >= 11 is 0. The van der Waals surface area contributed by atoms with Crippen molar-refractivity contribution >= 4 is 0 Å². The van der Waals surface area contributed by atoms with E-state index in [1.54, 1.807) is 0 Å². The van der Waals surface area contributed by atoms with Crippen molar-refractivity contribution < 1.29 is 0 Å². The van der Waals surface area contributed by atoms with Gasteiger partial charge in [0.2, 0.25) is 0 Å². The fraction of sp³-hybridized carbons (Fsp3) is 1.00. The third-order valence-electron chi connectivity index (χ3n) is 4.65. The van der Waals surface area contributed by atoms with Gasteiger partial charge in [-0.25, -0.2) is 0 Å². The minimum absolute atomic E-state index is 0.155. The molecule has 1 fully saturated rings. The normalized spacial score (nSPS) is 37.2. The summed E-state index contributed by atoms with van der Waals surface area (Å²) < 4.78 is 0. The Morgan fingerprint density at radius 3 is 2.27 bits per heavy atom. The second-order valence-electron chi connectivity index (χ2n) is 5.95. The summed E-state index contributed by atoms with van der Waals surface area (Å²) in [7, 11) is 0. The van der Waals surface area contributed by atoms with Crippen LogP contribution in [0.3, 0.4) is 0 Å². The van der Waals surface area contributed by atoms with Crippen LogP contribution in [0.1, 0.15) is 66.2 Å². The molecule has 1 aliphatic carbocycles. The molecule has 1 nitrogen and oxygen atoms in total. The van der Waals surface area contributed by atoms with E-state index in [0.717, 1.165) is 17.8 Å². The zero-order valence-electron chi connectivity index (χ0n) is 11.1. The van der Waals surface area contributed by atoms with Crippen LogP contribution in [0.2, 0.25) is 0 Å². The van der Waals surface area contributed by atoms with E-state index in [9.17, 15) is 0 Å². The van der Waals surface area contributed by atoms with Gasteiger partial charge in [0.1, 0.15) is 0 Å². The van der Waals surface area contributed by atoms with Crippen LogP contribution >= 0.6 is 0 Å². The highest BCUT2D eigenvalue weighted by atomic mass is 14.8. The van der Waals surface area contributed by atoms with Gasteiger partial charge in [0.15, 0.2) is 0 Å². The van der Waals surface area contributed by atoms with Crippen molar-refractivity contribution in [3.63, 3.8) is 0 Å². The maximum atomic E-state index is 6.56. The lowest BCUT2D eigenvalue weighted by atomic mass is 9.68. The average molecular weight is 211 g/mol. The van der Waals surface area contributed by atoms with Crippen LogP contribution in [0.25, 0.3) is 0 Å². The van der Waals surface area contributed by atoms with Gasteiger partial charge in [0, 0.05) is 5.54 Å². The van der Waals surface area contributed by atoms with Crippen molar-refractivity contribution in [2.24, 2.45) is 23.5 Å². The molecule has 2 N–H and O–H groups in total. The molecule has 15 heavy (non-hydrogen) atoms. The highest BCUT2D eigenvalue weighted by molar-refractivity contribution is 4.92. The first-order valence-corrected chi connectivity index (χ1v) is 6.79. The first-order chi connectivity index (χ1) is 7.00. The second kappa shape index (κ2) is 5.34. The monoisotopic (exact) mass is 211 g/mol. The summed E-state index contributed by atoms with van der Waals surface area (Å²) in [6.45, 7) is 9.35. The zero-order valence-corrected chi connectivity index (χ0v) is 11.1. The second-order valence-corrected chi connectivity index (χ2v) is 5.95. The SMILES string of the molecule is CCC(CC)CC1(N)CCC(C)C(C)C1. The highest BCUT2D eigenvalue weighted by Crippen LogP contribution is 2.38.